The zero-order valence-electron chi connectivity index (χ0n) is 8.79. The monoisotopic (exact) mass is 234 g/mol. The summed E-state index contributed by atoms with van der Waals surface area (Å²) >= 11 is 0. The Kier molecular flexibility index (Phi) is 2.78. The smallest absolute Gasteiger partial charge is 0.317 e. The fourth-order valence-electron chi connectivity index (χ4n) is 1.84. The summed E-state index contributed by atoms with van der Waals surface area (Å²) in [5.74, 6) is -2.31. The lowest BCUT2D eigenvalue weighted by atomic mass is 9.99. The molecule has 2 aromatic rings. The number of para-hydroxylation sites is 1. The molecule has 6 heteroatoms. The number of carboxylic acid groups (broad SMARTS) is 1. The fraction of sp³-hybridized carbons (Fsp3) is 0.182. The highest BCUT2D eigenvalue weighted by atomic mass is 16.6. The fourth-order valence-corrected chi connectivity index (χ4v) is 1.84. The standard InChI is InChI=1S/C11H10N2O4/c14-11(15)9(6-13(16)17)8-5-12-10-4-2-1-3-7(8)10/h1-5,9,12H,6H2,(H,14,15). The Morgan fingerprint density at radius 3 is 2.82 bits per heavy atom. The molecule has 0 saturated carbocycles. The Morgan fingerprint density at radius 1 is 1.47 bits per heavy atom. The van der Waals surface area contributed by atoms with E-state index in [1.54, 1.807) is 18.2 Å². The Hall–Kier alpha value is -2.37. The lowest BCUT2D eigenvalue weighted by molar-refractivity contribution is -0.481. The number of aliphatic carboxylic acids is 1. The van der Waals surface area contributed by atoms with E-state index in [0.717, 1.165) is 5.52 Å². The first-order valence-electron chi connectivity index (χ1n) is 5.00. The van der Waals surface area contributed by atoms with Crippen LogP contribution in [0.5, 0.6) is 0 Å². The van der Waals surface area contributed by atoms with E-state index in [1.165, 1.54) is 6.20 Å². The van der Waals surface area contributed by atoms with Crippen molar-refractivity contribution in [3.05, 3.63) is 46.1 Å². The van der Waals surface area contributed by atoms with Crippen LogP contribution >= 0.6 is 0 Å². The van der Waals surface area contributed by atoms with Crippen LogP contribution in [0.25, 0.3) is 10.9 Å². The third-order valence-corrected chi connectivity index (χ3v) is 2.63. The van der Waals surface area contributed by atoms with Gasteiger partial charge in [-0.3, -0.25) is 14.9 Å². The molecule has 0 aliphatic heterocycles. The molecule has 17 heavy (non-hydrogen) atoms. The van der Waals surface area contributed by atoms with Crippen LogP contribution in [0.15, 0.2) is 30.5 Å². The van der Waals surface area contributed by atoms with Crippen molar-refractivity contribution in [3.63, 3.8) is 0 Å². The van der Waals surface area contributed by atoms with Crippen molar-refractivity contribution in [2.24, 2.45) is 0 Å². The number of H-pyrrole nitrogens is 1. The van der Waals surface area contributed by atoms with Gasteiger partial charge < -0.3 is 10.1 Å². The third kappa shape index (κ3) is 2.10. The van der Waals surface area contributed by atoms with Gasteiger partial charge in [-0.2, -0.15) is 0 Å². The van der Waals surface area contributed by atoms with E-state index in [-0.39, 0.29) is 0 Å². The summed E-state index contributed by atoms with van der Waals surface area (Å²) in [7, 11) is 0. The minimum Gasteiger partial charge on any atom is -0.481 e. The molecule has 1 atom stereocenters. The van der Waals surface area contributed by atoms with Crippen molar-refractivity contribution in [3.8, 4) is 0 Å². The van der Waals surface area contributed by atoms with Crippen LogP contribution < -0.4 is 0 Å². The molecule has 6 nitrogen and oxygen atoms in total. The van der Waals surface area contributed by atoms with Gasteiger partial charge >= 0.3 is 5.97 Å². The van der Waals surface area contributed by atoms with E-state index in [9.17, 15) is 14.9 Å². The summed E-state index contributed by atoms with van der Waals surface area (Å²) in [5, 5.41) is 20.2. The molecular formula is C11H10N2O4. The highest BCUT2D eigenvalue weighted by Gasteiger charge is 2.27. The van der Waals surface area contributed by atoms with Gasteiger partial charge in [0.15, 0.2) is 0 Å². The van der Waals surface area contributed by atoms with Gasteiger partial charge in [0.05, 0.1) is 0 Å². The average Bonchev–Trinajstić information content (AvgIpc) is 2.69. The summed E-state index contributed by atoms with van der Waals surface area (Å²) in [5.41, 5.74) is 1.22. The third-order valence-electron chi connectivity index (χ3n) is 2.63. The van der Waals surface area contributed by atoms with Crippen LogP contribution in [0.4, 0.5) is 0 Å². The highest BCUT2D eigenvalue weighted by Crippen LogP contribution is 2.25. The first kappa shape index (κ1) is 11.1. The molecule has 2 rings (SSSR count). The van der Waals surface area contributed by atoms with Crippen molar-refractivity contribution in [1.29, 1.82) is 0 Å². The average molecular weight is 234 g/mol. The molecule has 88 valence electrons. The van der Waals surface area contributed by atoms with Gasteiger partial charge in [-0.15, -0.1) is 0 Å². The number of carboxylic acids is 1. The summed E-state index contributed by atoms with van der Waals surface area (Å²) in [6.07, 6.45) is 1.52. The Bertz CT molecular complexity index is 576. The minimum atomic E-state index is -1.19. The maximum absolute atomic E-state index is 11.1. The molecular weight excluding hydrogens is 224 g/mol. The maximum atomic E-state index is 11.1. The van der Waals surface area contributed by atoms with Gasteiger partial charge in [0, 0.05) is 22.0 Å². The Balaban J connectivity index is 2.48. The molecule has 0 aliphatic rings. The summed E-state index contributed by atoms with van der Waals surface area (Å²) in [4.78, 5) is 23.8. The zero-order chi connectivity index (χ0) is 12.4. The second kappa shape index (κ2) is 4.25. The van der Waals surface area contributed by atoms with Crippen molar-refractivity contribution in [2.45, 2.75) is 5.92 Å². The number of hydrogen-bond acceptors (Lipinski definition) is 3. The Labute approximate surface area is 96.0 Å². The summed E-state index contributed by atoms with van der Waals surface area (Å²) in [6, 6.07) is 7.12. The van der Waals surface area contributed by atoms with E-state index in [4.69, 9.17) is 5.11 Å². The van der Waals surface area contributed by atoms with E-state index < -0.39 is 23.4 Å². The lowest BCUT2D eigenvalue weighted by Crippen LogP contribution is -2.20. The van der Waals surface area contributed by atoms with E-state index in [2.05, 4.69) is 4.98 Å². The number of nitrogens with one attached hydrogen (secondary N) is 1. The minimum absolute atomic E-state index is 0.449. The van der Waals surface area contributed by atoms with Crippen LogP contribution in [0.3, 0.4) is 0 Å². The number of nitro groups is 1. The first-order chi connectivity index (χ1) is 8.09. The molecule has 0 bridgehead atoms. The molecule has 0 spiro atoms. The molecule has 1 aromatic heterocycles. The number of rotatable bonds is 4. The van der Waals surface area contributed by atoms with Crippen LogP contribution in [0.1, 0.15) is 11.5 Å². The summed E-state index contributed by atoms with van der Waals surface area (Å²) in [6.45, 7) is -0.614. The molecule has 0 amide bonds. The Morgan fingerprint density at radius 2 is 2.18 bits per heavy atom. The molecule has 1 heterocycles. The van der Waals surface area contributed by atoms with Crippen molar-refractivity contribution >= 4 is 16.9 Å². The first-order valence-corrected chi connectivity index (χ1v) is 5.00. The predicted molar refractivity (Wildman–Crippen MR) is 60.5 cm³/mol. The van der Waals surface area contributed by atoms with E-state index in [1.807, 2.05) is 6.07 Å². The molecule has 2 N–H and O–H groups in total. The molecule has 0 radical (unpaired) electrons. The predicted octanol–water partition coefficient (Wildman–Crippen LogP) is 1.61. The van der Waals surface area contributed by atoms with Crippen LogP contribution in [-0.2, 0) is 4.79 Å². The number of aromatic nitrogens is 1. The topological polar surface area (TPSA) is 96.2 Å². The molecule has 1 aromatic carbocycles. The maximum Gasteiger partial charge on any atom is 0.317 e. The van der Waals surface area contributed by atoms with Gasteiger partial charge in [0.2, 0.25) is 6.54 Å². The highest BCUT2D eigenvalue weighted by molar-refractivity contribution is 5.89. The van der Waals surface area contributed by atoms with Gasteiger partial charge in [-0.1, -0.05) is 18.2 Å². The number of hydrogen-bond donors (Lipinski definition) is 2. The van der Waals surface area contributed by atoms with Crippen molar-refractivity contribution in [2.75, 3.05) is 6.54 Å². The SMILES string of the molecule is O=C(O)C(C[N+](=O)[O-])c1c[nH]c2ccccc12. The lowest BCUT2D eigenvalue weighted by Gasteiger charge is -2.06. The van der Waals surface area contributed by atoms with Crippen LogP contribution in [0, 0.1) is 10.1 Å². The van der Waals surface area contributed by atoms with E-state index >= 15 is 0 Å². The van der Waals surface area contributed by atoms with Gasteiger partial charge in [0.25, 0.3) is 0 Å². The molecule has 0 saturated heterocycles. The second-order valence-electron chi connectivity index (χ2n) is 3.70. The second-order valence-corrected chi connectivity index (χ2v) is 3.70. The number of benzene rings is 1. The van der Waals surface area contributed by atoms with Crippen LogP contribution in [0.2, 0.25) is 0 Å². The number of fused-ring (bicyclic) bond motifs is 1. The number of nitrogens with zero attached hydrogens (tertiary/aromatic N) is 1. The van der Waals surface area contributed by atoms with Gasteiger partial charge in [-0.05, 0) is 11.6 Å². The quantitative estimate of drug-likeness (QED) is 0.620. The number of carbonyl (C=O) groups is 1. The molecule has 1 unspecified atom stereocenters. The van der Waals surface area contributed by atoms with Crippen LogP contribution in [-0.4, -0.2) is 27.5 Å². The largest absolute Gasteiger partial charge is 0.481 e. The van der Waals surface area contributed by atoms with Gasteiger partial charge in [-0.25, -0.2) is 0 Å². The van der Waals surface area contributed by atoms with Crippen molar-refractivity contribution in [1.82, 2.24) is 4.98 Å². The number of aromatic amines is 1. The molecule has 0 aliphatic carbocycles. The normalized spacial score (nSPS) is 12.5. The van der Waals surface area contributed by atoms with Crippen molar-refractivity contribution < 1.29 is 14.8 Å². The zero-order valence-corrected chi connectivity index (χ0v) is 8.79. The molecule has 0 fully saturated rings. The van der Waals surface area contributed by atoms with E-state index in [0.29, 0.717) is 10.9 Å². The van der Waals surface area contributed by atoms with Gasteiger partial charge in [0.1, 0.15) is 5.92 Å². The summed E-state index contributed by atoms with van der Waals surface area (Å²) < 4.78 is 0.